The third-order valence-electron chi connectivity index (χ3n) is 10.1. The number of hydrogen-bond acceptors (Lipinski definition) is 5. The van der Waals surface area contributed by atoms with Crippen molar-refractivity contribution in [1.82, 2.24) is 19.8 Å². The van der Waals surface area contributed by atoms with Gasteiger partial charge < -0.3 is 15.3 Å². The molecule has 2 saturated heterocycles. The Hall–Kier alpha value is -2.54. The van der Waals surface area contributed by atoms with Crippen LogP contribution < -0.4 is 10.9 Å². The van der Waals surface area contributed by atoms with Crippen molar-refractivity contribution >= 4 is 22.7 Å². The van der Waals surface area contributed by atoms with E-state index in [4.69, 9.17) is 5.41 Å². The molecule has 7 heteroatoms. The second-order valence-electron chi connectivity index (χ2n) is 12.5. The van der Waals surface area contributed by atoms with Crippen LogP contribution >= 0.6 is 0 Å². The zero-order valence-corrected chi connectivity index (χ0v) is 22.8. The maximum Gasteiger partial charge on any atom is 0.279 e. The second-order valence-corrected chi connectivity index (χ2v) is 12.5. The van der Waals surface area contributed by atoms with Crippen molar-refractivity contribution in [2.45, 2.75) is 114 Å². The maximum absolute atomic E-state index is 14.0. The van der Waals surface area contributed by atoms with Crippen LogP contribution in [0.15, 0.2) is 29.1 Å². The van der Waals surface area contributed by atoms with Gasteiger partial charge in [0.2, 0.25) is 5.91 Å². The molecule has 0 radical (unpaired) electrons. The zero-order valence-electron chi connectivity index (χ0n) is 22.8. The van der Waals surface area contributed by atoms with Crippen molar-refractivity contribution in [2.24, 2.45) is 11.8 Å². The Balaban J connectivity index is 1.30. The highest BCUT2D eigenvalue weighted by molar-refractivity contribution is 5.99. The lowest BCUT2D eigenvalue weighted by molar-refractivity contribution is -0.120. The van der Waals surface area contributed by atoms with Crippen LogP contribution in [0.25, 0.3) is 11.0 Å². The summed E-state index contributed by atoms with van der Waals surface area (Å²) in [4.78, 5) is 33.3. The summed E-state index contributed by atoms with van der Waals surface area (Å²) in [6.45, 7) is 0. The Morgan fingerprint density at radius 1 is 0.895 bits per heavy atom. The molecule has 2 aromatic rings. The minimum atomic E-state index is -0.161. The van der Waals surface area contributed by atoms with Crippen molar-refractivity contribution < 1.29 is 4.79 Å². The summed E-state index contributed by atoms with van der Waals surface area (Å²) in [5.41, 5.74) is 1.83. The number of rotatable bonds is 6. The number of benzene rings is 1. The van der Waals surface area contributed by atoms with Gasteiger partial charge in [0.25, 0.3) is 5.56 Å². The number of nitrogens with one attached hydrogen (secondary N) is 2. The lowest BCUT2D eigenvalue weighted by atomic mass is 9.73. The molecule has 38 heavy (non-hydrogen) atoms. The van der Waals surface area contributed by atoms with E-state index in [-0.39, 0.29) is 41.8 Å². The summed E-state index contributed by atoms with van der Waals surface area (Å²) in [6, 6.07) is 9.79. The fourth-order valence-electron chi connectivity index (χ4n) is 8.50. The van der Waals surface area contributed by atoms with Crippen LogP contribution in [0.4, 0.5) is 0 Å². The molecule has 4 fully saturated rings. The highest BCUT2D eigenvalue weighted by Crippen LogP contribution is 2.47. The fourth-order valence-corrected chi connectivity index (χ4v) is 8.50. The van der Waals surface area contributed by atoms with Gasteiger partial charge in [0.1, 0.15) is 5.69 Å². The summed E-state index contributed by atoms with van der Waals surface area (Å²) in [5, 5.41) is 11.2. The number of carbonyl (C=O) groups excluding carboxylic acids is 1. The van der Waals surface area contributed by atoms with Crippen LogP contribution in [-0.2, 0) is 4.79 Å². The van der Waals surface area contributed by atoms with Gasteiger partial charge in [-0.2, -0.15) is 0 Å². The molecular formula is C31H43N5O2. The lowest BCUT2D eigenvalue weighted by Crippen LogP contribution is -2.58. The van der Waals surface area contributed by atoms with E-state index < -0.39 is 0 Å². The summed E-state index contributed by atoms with van der Waals surface area (Å²) < 4.78 is 1.98. The first-order chi connectivity index (χ1) is 18.5. The molecule has 4 bridgehead atoms. The van der Waals surface area contributed by atoms with Crippen LogP contribution in [0, 0.1) is 17.2 Å². The number of fused-ring (bicyclic) bond motifs is 5. The zero-order chi connectivity index (χ0) is 26.2. The smallest absolute Gasteiger partial charge is 0.279 e. The molecule has 204 valence electrons. The molecule has 2 aliphatic heterocycles. The SMILES string of the molecule is CNC(=O)CCC(=N)c1nc2ccccc2n(C2C[C@H]3CCC[C@@H](C2)N3C2CC3CCCCC(C3)C2)c1=O. The Labute approximate surface area is 225 Å². The standard InChI is InChI=1S/C31H43N5O2/c1-33-29(37)14-13-26(32)30-31(38)36(28-12-5-4-11-27(28)34-30)25-18-22-9-6-10-23(19-25)35(22)24-16-20-7-2-3-8-21(15-20)17-24/h4-5,11-12,20-25,32H,2-3,6-10,13-19H2,1H3,(H,33,37)/t20?,21?,22-,23+,24?,25?. The summed E-state index contributed by atoms with van der Waals surface area (Å²) in [7, 11) is 1.59. The number of carbonyl (C=O) groups is 1. The van der Waals surface area contributed by atoms with Crippen molar-refractivity contribution in [3.05, 3.63) is 40.3 Å². The molecule has 7 nitrogen and oxygen atoms in total. The van der Waals surface area contributed by atoms with Gasteiger partial charge in [-0.3, -0.25) is 14.5 Å². The van der Waals surface area contributed by atoms with E-state index >= 15 is 0 Å². The Bertz CT molecular complexity index is 1230. The number of aromatic nitrogens is 2. The summed E-state index contributed by atoms with van der Waals surface area (Å²) in [6.07, 6.45) is 16.0. The van der Waals surface area contributed by atoms with Gasteiger partial charge in [-0.1, -0.05) is 44.2 Å². The van der Waals surface area contributed by atoms with E-state index in [0.717, 1.165) is 35.7 Å². The van der Waals surface area contributed by atoms with Crippen LogP contribution in [0.1, 0.15) is 102 Å². The predicted octanol–water partition coefficient (Wildman–Crippen LogP) is 5.21. The molecule has 0 spiro atoms. The van der Waals surface area contributed by atoms with Gasteiger partial charge >= 0.3 is 0 Å². The second kappa shape index (κ2) is 10.9. The first kappa shape index (κ1) is 25.7. The largest absolute Gasteiger partial charge is 0.359 e. The molecular weight excluding hydrogens is 474 g/mol. The fraction of sp³-hybridized carbons (Fsp3) is 0.677. The van der Waals surface area contributed by atoms with Crippen LogP contribution in [0.2, 0.25) is 0 Å². The van der Waals surface area contributed by atoms with Gasteiger partial charge in [-0.05, 0) is 68.9 Å². The predicted molar refractivity (Wildman–Crippen MR) is 151 cm³/mol. The first-order valence-corrected chi connectivity index (χ1v) is 15.1. The monoisotopic (exact) mass is 517 g/mol. The Kier molecular flexibility index (Phi) is 7.39. The summed E-state index contributed by atoms with van der Waals surface area (Å²) in [5.74, 6) is 1.70. The minimum Gasteiger partial charge on any atom is -0.359 e. The number of hydrogen-bond donors (Lipinski definition) is 2. The molecule has 4 aliphatic rings. The van der Waals surface area contributed by atoms with Gasteiger partial charge in [0.05, 0.1) is 16.7 Å². The van der Waals surface area contributed by atoms with Gasteiger partial charge in [0.15, 0.2) is 0 Å². The van der Waals surface area contributed by atoms with Crippen molar-refractivity contribution in [1.29, 1.82) is 5.41 Å². The van der Waals surface area contributed by atoms with Gasteiger partial charge in [-0.25, -0.2) is 4.98 Å². The average molecular weight is 518 g/mol. The van der Waals surface area contributed by atoms with Crippen molar-refractivity contribution in [2.75, 3.05) is 7.05 Å². The quantitative estimate of drug-likeness (QED) is 0.515. The molecule has 1 aromatic carbocycles. The lowest BCUT2D eigenvalue weighted by Gasteiger charge is -2.54. The number of piperidine rings is 2. The molecule has 3 unspecified atom stereocenters. The molecule has 2 N–H and O–H groups in total. The van der Waals surface area contributed by atoms with Crippen LogP contribution in [-0.4, -0.2) is 51.2 Å². The maximum atomic E-state index is 14.0. The van der Waals surface area contributed by atoms with Crippen molar-refractivity contribution in [3.63, 3.8) is 0 Å². The molecule has 3 heterocycles. The molecule has 2 saturated carbocycles. The third kappa shape index (κ3) is 4.94. The van der Waals surface area contributed by atoms with Gasteiger partial charge in [-0.15, -0.1) is 0 Å². The van der Waals surface area contributed by atoms with E-state index in [2.05, 4.69) is 15.2 Å². The molecule has 2 aliphatic carbocycles. The first-order valence-electron chi connectivity index (χ1n) is 15.1. The Morgan fingerprint density at radius 3 is 2.26 bits per heavy atom. The average Bonchev–Trinajstić information content (AvgIpc) is 3.09. The Morgan fingerprint density at radius 2 is 1.58 bits per heavy atom. The molecule has 5 atom stereocenters. The number of amides is 1. The molecule has 1 aromatic heterocycles. The van der Waals surface area contributed by atoms with E-state index in [9.17, 15) is 9.59 Å². The van der Waals surface area contributed by atoms with Crippen molar-refractivity contribution in [3.8, 4) is 0 Å². The van der Waals surface area contributed by atoms with Gasteiger partial charge in [0, 0.05) is 44.1 Å². The number of nitrogens with zero attached hydrogens (tertiary/aromatic N) is 3. The molecule has 6 rings (SSSR count). The van der Waals surface area contributed by atoms with E-state index in [0.29, 0.717) is 18.1 Å². The van der Waals surface area contributed by atoms with Crippen LogP contribution in [0.3, 0.4) is 0 Å². The highest BCUT2D eigenvalue weighted by atomic mass is 16.1. The van der Waals surface area contributed by atoms with E-state index in [1.165, 1.54) is 64.2 Å². The van der Waals surface area contributed by atoms with Crippen LogP contribution in [0.5, 0.6) is 0 Å². The highest BCUT2D eigenvalue weighted by Gasteiger charge is 2.45. The molecule has 1 amide bonds. The van der Waals surface area contributed by atoms with E-state index in [1.807, 2.05) is 28.8 Å². The third-order valence-corrected chi connectivity index (χ3v) is 10.1. The number of para-hydroxylation sites is 2. The minimum absolute atomic E-state index is 0.123. The topological polar surface area (TPSA) is 91.1 Å². The van der Waals surface area contributed by atoms with E-state index in [1.54, 1.807) is 7.05 Å². The summed E-state index contributed by atoms with van der Waals surface area (Å²) >= 11 is 0. The normalized spacial score (nSPS) is 31.5.